The van der Waals surface area contributed by atoms with Crippen LogP contribution in [0.15, 0.2) is 24.3 Å². The summed E-state index contributed by atoms with van der Waals surface area (Å²) in [5, 5.41) is 0. The van der Waals surface area contributed by atoms with Gasteiger partial charge in [-0.15, -0.1) is 11.6 Å². The first-order valence-corrected chi connectivity index (χ1v) is 5.23. The second kappa shape index (κ2) is 4.01. The molecule has 0 saturated heterocycles. The van der Waals surface area contributed by atoms with E-state index < -0.39 is 0 Å². The van der Waals surface area contributed by atoms with Gasteiger partial charge in [-0.05, 0) is 18.9 Å². The van der Waals surface area contributed by atoms with Gasteiger partial charge in [0.15, 0.2) is 0 Å². The molecule has 0 bridgehead atoms. The molecular weight excluding hydrogens is 184 g/mol. The highest BCUT2D eigenvalue weighted by Crippen LogP contribution is 2.35. The topological polar surface area (TPSA) is 9.23 Å². The van der Waals surface area contributed by atoms with Gasteiger partial charge in [0.2, 0.25) is 0 Å². The van der Waals surface area contributed by atoms with Crippen LogP contribution in [0.3, 0.4) is 0 Å². The van der Waals surface area contributed by atoms with Crippen molar-refractivity contribution in [1.29, 1.82) is 0 Å². The first-order valence-electron chi connectivity index (χ1n) is 4.69. The molecule has 0 fully saturated rings. The Morgan fingerprint density at radius 1 is 1.38 bits per heavy atom. The van der Waals surface area contributed by atoms with E-state index in [0.29, 0.717) is 5.92 Å². The van der Waals surface area contributed by atoms with Crippen LogP contribution in [0.25, 0.3) is 0 Å². The molecule has 1 nitrogen and oxygen atoms in total. The number of fused-ring (bicyclic) bond motifs is 1. The standard InChI is InChI=1S/C11H13ClO/c12-7-3-4-9-8-13-11-6-2-1-5-10(9)11/h1-2,5-6,9H,3-4,7-8H2. The lowest BCUT2D eigenvalue weighted by Crippen LogP contribution is -2.00. The third kappa shape index (κ3) is 1.80. The SMILES string of the molecule is ClCCCC1COc2ccccc21. The first-order chi connectivity index (χ1) is 6.42. The van der Waals surface area contributed by atoms with E-state index in [1.54, 1.807) is 0 Å². The summed E-state index contributed by atoms with van der Waals surface area (Å²) in [6.07, 6.45) is 2.21. The number of halogens is 1. The van der Waals surface area contributed by atoms with Crippen LogP contribution < -0.4 is 4.74 Å². The molecule has 0 spiro atoms. The highest BCUT2D eigenvalue weighted by atomic mass is 35.5. The molecule has 1 aromatic carbocycles. The molecule has 1 aliphatic rings. The lowest BCUT2D eigenvalue weighted by atomic mass is 9.97. The van der Waals surface area contributed by atoms with E-state index in [9.17, 15) is 0 Å². The van der Waals surface area contributed by atoms with Gasteiger partial charge in [0, 0.05) is 17.4 Å². The van der Waals surface area contributed by atoms with Crippen LogP contribution in [-0.4, -0.2) is 12.5 Å². The molecule has 1 aliphatic heterocycles. The van der Waals surface area contributed by atoms with Crippen LogP contribution in [0.5, 0.6) is 5.75 Å². The molecular formula is C11H13ClO. The van der Waals surface area contributed by atoms with Crippen LogP contribution in [0.4, 0.5) is 0 Å². The van der Waals surface area contributed by atoms with E-state index in [4.69, 9.17) is 16.3 Å². The summed E-state index contributed by atoms with van der Waals surface area (Å²) in [4.78, 5) is 0. The van der Waals surface area contributed by atoms with Crippen molar-refractivity contribution < 1.29 is 4.74 Å². The van der Waals surface area contributed by atoms with Crippen molar-refractivity contribution in [1.82, 2.24) is 0 Å². The second-order valence-electron chi connectivity index (χ2n) is 3.38. The van der Waals surface area contributed by atoms with Crippen molar-refractivity contribution in [2.45, 2.75) is 18.8 Å². The molecule has 2 rings (SSSR count). The Labute approximate surface area is 83.7 Å². The number of hydrogen-bond acceptors (Lipinski definition) is 1. The van der Waals surface area contributed by atoms with E-state index in [1.165, 1.54) is 5.56 Å². The van der Waals surface area contributed by atoms with Gasteiger partial charge in [-0.3, -0.25) is 0 Å². The van der Waals surface area contributed by atoms with Crippen LogP contribution in [-0.2, 0) is 0 Å². The van der Waals surface area contributed by atoms with Gasteiger partial charge in [0.05, 0.1) is 6.61 Å². The van der Waals surface area contributed by atoms with Gasteiger partial charge < -0.3 is 4.74 Å². The van der Waals surface area contributed by atoms with Gasteiger partial charge in [-0.1, -0.05) is 18.2 Å². The Kier molecular flexibility index (Phi) is 2.74. The average molecular weight is 197 g/mol. The zero-order valence-corrected chi connectivity index (χ0v) is 8.26. The maximum atomic E-state index is 5.67. The fraction of sp³-hybridized carbons (Fsp3) is 0.455. The summed E-state index contributed by atoms with van der Waals surface area (Å²) in [5.41, 5.74) is 1.35. The predicted molar refractivity (Wildman–Crippen MR) is 54.6 cm³/mol. The molecule has 0 saturated carbocycles. The van der Waals surface area contributed by atoms with Gasteiger partial charge in [0.1, 0.15) is 5.75 Å². The van der Waals surface area contributed by atoms with E-state index in [2.05, 4.69) is 12.1 Å². The van der Waals surface area contributed by atoms with E-state index in [1.807, 2.05) is 12.1 Å². The molecule has 0 amide bonds. The molecule has 1 unspecified atom stereocenters. The Bertz CT molecular complexity index is 285. The number of hydrogen-bond donors (Lipinski definition) is 0. The monoisotopic (exact) mass is 196 g/mol. The number of rotatable bonds is 3. The molecule has 13 heavy (non-hydrogen) atoms. The molecule has 70 valence electrons. The van der Waals surface area contributed by atoms with Crippen molar-refractivity contribution in [2.75, 3.05) is 12.5 Å². The van der Waals surface area contributed by atoms with Crippen LogP contribution in [0.2, 0.25) is 0 Å². The zero-order valence-electron chi connectivity index (χ0n) is 7.50. The molecule has 0 aromatic heterocycles. The smallest absolute Gasteiger partial charge is 0.122 e. The molecule has 0 radical (unpaired) electrons. The molecule has 0 N–H and O–H groups in total. The van der Waals surface area contributed by atoms with Gasteiger partial charge in [0.25, 0.3) is 0 Å². The van der Waals surface area contributed by atoms with Crippen LogP contribution in [0.1, 0.15) is 24.3 Å². The number of ether oxygens (including phenoxy) is 1. The zero-order chi connectivity index (χ0) is 9.10. The third-order valence-corrected chi connectivity index (χ3v) is 2.75. The second-order valence-corrected chi connectivity index (χ2v) is 3.75. The summed E-state index contributed by atoms with van der Waals surface area (Å²) in [5.74, 6) is 2.37. The Morgan fingerprint density at radius 2 is 2.23 bits per heavy atom. The van der Waals surface area contributed by atoms with Crippen molar-refractivity contribution >= 4 is 11.6 Å². The fourth-order valence-corrected chi connectivity index (χ4v) is 1.95. The largest absolute Gasteiger partial charge is 0.493 e. The minimum absolute atomic E-state index is 0.565. The Balaban J connectivity index is 2.09. The van der Waals surface area contributed by atoms with Gasteiger partial charge in [-0.2, -0.15) is 0 Å². The first kappa shape index (κ1) is 8.89. The van der Waals surface area contributed by atoms with Crippen molar-refractivity contribution in [3.05, 3.63) is 29.8 Å². The number of para-hydroxylation sites is 1. The fourth-order valence-electron chi connectivity index (χ4n) is 1.79. The molecule has 2 heteroatoms. The lowest BCUT2D eigenvalue weighted by molar-refractivity contribution is 0.324. The highest BCUT2D eigenvalue weighted by Gasteiger charge is 2.22. The van der Waals surface area contributed by atoms with Crippen molar-refractivity contribution in [2.24, 2.45) is 0 Å². The molecule has 1 heterocycles. The summed E-state index contributed by atoms with van der Waals surface area (Å²) in [6.45, 7) is 0.830. The van der Waals surface area contributed by atoms with Gasteiger partial charge >= 0.3 is 0 Å². The third-order valence-electron chi connectivity index (χ3n) is 2.49. The van der Waals surface area contributed by atoms with E-state index >= 15 is 0 Å². The van der Waals surface area contributed by atoms with E-state index in [-0.39, 0.29) is 0 Å². The minimum atomic E-state index is 0.565. The van der Waals surface area contributed by atoms with Crippen molar-refractivity contribution in [3.8, 4) is 5.75 Å². The quantitative estimate of drug-likeness (QED) is 0.675. The normalized spacial score (nSPS) is 19.6. The Morgan fingerprint density at radius 3 is 3.08 bits per heavy atom. The maximum absolute atomic E-state index is 5.67. The molecule has 1 atom stereocenters. The Hall–Kier alpha value is -0.690. The van der Waals surface area contributed by atoms with Crippen molar-refractivity contribution in [3.63, 3.8) is 0 Å². The summed E-state index contributed by atoms with van der Waals surface area (Å²) in [6, 6.07) is 8.28. The maximum Gasteiger partial charge on any atom is 0.122 e. The highest BCUT2D eigenvalue weighted by molar-refractivity contribution is 6.17. The van der Waals surface area contributed by atoms with Crippen LogP contribution in [0, 0.1) is 0 Å². The molecule has 0 aliphatic carbocycles. The average Bonchev–Trinajstić information content (AvgIpc) is 2.58. The van der Waals surface area contributed by atoms with Crippen LogP contribution >= 0.6 is 11.6 Å². The van der Waals surface area contributed by atoms with E-state index in [0.717, 1.165) is 31.1 Å². The lowest BCUT2D eigenvalue weighted by Gasteiger charge is -2.05. The number of alkyl halides is 1. The number of benzene rings is 1. The minimum Gasteiger partial charge on any atom is -0.493 e. The summed E-state index contributed by atoms with van der Waals surface area (Å²) >= 11 is 5.67. The summed E-state index contributed by atoms with van der Waals surface area (Å²) < 4.78 is 5.57. The van der Waals surface area contributed by atoms with Gasteiger partial charge in [-0.25, -0.2) is 0 Å². The summed E-state index contributed by atoms with van der Waals surface area (Å²) in [7, 11) is 0. The predicted octanol–water partition coefficient (Wildman–Crippen LogP) is 3.18. The molecule has 1 aromatic rings.